The molecule has 1 aliphatic carbocycles. The molecule has 2 heterocycles. The Morgan fingerprint density at radius 2 is 0.590 bits per heavy atom. The highest BCUT2D eigenvalue weighted by Gasteiger charge is 2.47. The zero-order valence-corrected chi connectivity index (χ0v) is 47.1. The molecule has 0 bridgehead atoms. The molecule has 3 aliphatic rings. The van der Waals surface area contributed by atoms with Crippen LogP contribution in [-0.2, 0) is 16.2 Å². The van der Waals surface area contributed by atoms with Crippen molar-refractivity contribution in [2.75, 3.05) is 9.80 Å². The Balaban J connectivity index is 1.04. The third-order valence-electron chi connectivity index (χ3n) is 18.9. The molecular weight excluding hydrogens is 1000 g/mol. The number of fused-ring (bicyclic) bond motifs is 9. The SMILES string of the molecule is CC1(C)c2ccccc2N(c2ccccc2)c2cccc(-c3cccc4c(-c5cccc6c5-c5ccccc5C6(c5ccccc5)c5ccccc5)c5cccc(-c6cccc7c6C(C)(C)c6ccccc6N7c6ccccc6)c5cc34)c21. The van der Waals surface area contributed by atoms with Crippen molar-refractivity contribution in [3.05, 3.63) is 336 Å². The Hall–Kier alpha value is -10.0. The fourth-order valence-corrected chi connectivity index (χ4v) is 15.5. The molecule has 83 heavy (non-hydrogen) atoms. The Morgan fingerprint density at radius 1 is 0.241 bits per heavy atom. The summed E-state index contributed by atoms with van der Waals surface area (Å²) in [6, 6.07) is 109. The van der Waals surface area contributed by atoms with Gasteiger partial charge in [0, 0.05) is 22.2 Å². The van der Waals surface area contributed by atoms with Crippen molar-refractivity contribution < 1.29 is 0 Å². The van der Waals surface area contributed by atoms with Crippen molar-refractivity contribution in [2.45, 2.75) is 43.9 Å². The lowest BCUT2D eigenvalue weighted by Gasteiger charge is -2.43. The van der Waals surface area contributed by atoms with Gasteiger partial charge in [0.15, 0.2) is 0 Å². The lowest BCUT2D eigenvalue weighted by Crippen LogP contribution is -2.31. The van der Waals surface area contributed by atoms with Gasteiger partial charge in [-0.3, -0.25) is 0 Å². The fraction of sp³-hybridized carbons (Fsp3) is 0.0864. The molecule has 0 saturated carbocycles. The van der Waals surface area contributed by atoms with Crippen LogP contribution in [0.4, 0.5) is 34.1 Å². The molecule has 13 aromatic rings. The van der Waals surface area contributed by atoms with Gasteiger partial charge >= 0.3 is 0 Å². The summed E-state index contributed by atoms with van der Waals surface area (Å²) in [7, 11) is 0. The summed E-state index contributed by atoms with van der Waals surface area (Å²) in [5, 5.41) is 4.89. The maximum atomic E-state index is 2.56. The van der Waals surface area contributed by atoms with Crippen molar-refractivity contribution in [3.8, 4) is 44.5 Å². The maximum Gasteiger partial charge on any atom is 0.0713 e. The third kappa shape index (κ3) is 6.96. The number of hydrogen-bond acceptors (Lipinski definition) is 2. The number of hydrogen-bond donors (Lipinski definition) is 0. The van der Waals surface area contributed by atoms with Gasteiger partial charge in [0.1, 0.15) is 0 Å². The first-order valence-corrected chi connectivity index (χ1v) is 29.3. The summed E-state index contributed by atoms with van der Waals surface area (Å²) in [4.78, 5) is 4.97. The maximum absolute atomic E-state index is 2.56. The minimum absolute atomic E-state index is 0.349. The molecule has 0 aromatic heterocycles. The van der Waals surface area contributed by atoms with Crippen LogP contribution in [-0.4, -0.2) is 0 Å². The second-order valence-corrected chi connectivity index (χ2v) is 23.8. The molecule has 2 heteroatoms. The molecule has 0 amide bonds. The number of anilines is 6. The van der Waals surface area contributed by atoms with Crippen molar-refractivity contribution in [3.63, 3.8) is 0 Å². The number of nitrogens with zero attached hydrogens (tertiary/aromatic N) is 2. The van der Waals surface area contributed by atoms with Gasteiger partial charge < -0.3 is 9.80 Å². The van der Waals surface area contributed by atoms with Gasteiger partial charge in [-0.25, -0.2) is 0 Å². The van der Waals surface area contributed by atoms with Gasteiger partial charge in [0.25, 0.3) is 0 Å². The van der Waals surface area contributed by atoms with Crippen molar-refractivity contribution in [1.82, 2.24) is 0 Å². The van der Waals surface area contributed by atoms with E-state index < -0.39 is 5.41 Å². The molecule has 0 unspecified atom stereocenters. The number of benzene rings is 13. The quantitative estimate of drug-likeness (QED) is 0.147. The lowest BCUT2D eigenvalue weighted by atomic mass is 9.67. The average Bonchev–Trinajstić information content (AvgIpc) is 2.90. The summed E-state index contributed by atoms with van der Waals surface area (Å²) in [5.74, 6) is 0. The molecule has 13 aromatic carbocycles. The van der Waals surface area contributed by atoms with Crippen LogP contribution in [0.3, 0.4) is 0 Å². The highest BCUT2D eigenvalue weighted by atomic mass is 15.2. The van der Waals surface area contributed by atoms with E-state index in [2.05, 4.69) is 329 Å². The van der Waals surface area contributed by atoms with Gasteiger partial charge in [-0.1, -0.05) is 264 Å². The topological polar surface area (TPSA) is 6.48 Å². The predicted molar refractivity (Wildman–Crippen MR) is 349 cm³/mol. The van der Waals surface area contributed by atoms with Crippen LogP contribution >= 0.6 is 0 Å². The standard InChI is InChI=1S/C81H60N2/c1-79(2)68-45-19-21-48-71(68)82(55-32-13-7-14-33-55)73-50-26-41-61(77(73)79)57-37-23-39-59-65(57)52-66-58(62-42-27-51-74-78(62)80(3,4)69-46-20-22-49-72(69)83(74)56-34-15-8-16-35-56)38-24-40-60(66)75(59)64-43-25-47-70-76(64)63-36-17-18-44-67(63)81(70,53-28-9-5-10-29-53)54-30-11-6-12-31-54/h5-52H,1-4H3. The smallest absolute Gasteiger partial charge is 0.0713 e. The van der Waals surface area contributed by atoms with E-state index in [0.29, 0.717) is 0 Å². The zero-order chi connectivity index (χ0) is 55.6. The van der Waals surface area contributed by atoms with Crippen molar-refractivity contribution >= 4 is 55.7 Å². The molecule has 0 N–H and O–H groups in total. The Bertz CT molecular complexity index is 4480. The first-order valence-electron chi connectivity index (χ1n) is 29.3. The van der Waals surface area contributed by atoms with Crippen LogP contribution in [0, 0.1) is 0 Å². The first-order chi connectivity index (χ1) is 40.8. The van der Waals surface area contributed by atoms with E-state index in [4.69, 9.17) is 0 Å². The molecular formula is C81H60N2. The van der Waals surface area contributed by atoms with Gasteiger partial charge in [-0.15, -0.1) is 0 Å². The monoisotopic (exact) mass is 1060 g/mol. The van der Waals surface area contributed by atoms with E-state index in [1.807, 2.05) is 0 Å². The van der Waals surface area contributed by atoms with E-state index in [-0.39, 0.29) is 10.8 Å². The van der Waals surface area contributed by atoms with Crippen LogP contribution in [0.2, 0.25) is 0 Å². The van der Waals surface area contributed by atoms with E-state index >= 15 is 0 Å². The summed E-state index contributed by atoms with van der Waals surface area (Å²) < 4.78 is 0. The summed E-state index contributed by atoms with van der Waals surface area (Å²) >= 11 is 0. The van der Waals surface area contributed by atoms with Gasteiger partial charge in [-0.05, 0) is 165 Å². The average molecular weight is 1060 g/mol. The molecule has 2 aliphatic heterocycles. The van der Waals surface area contributed by atoms with Crippen LogP contribution < -0.4 is 9.80 Å². The van der Waals surface area contributed by atoms with E-state index in [9.17, 15) is 0 Å². The van der Waals surface area contributed by atoms with Crippen LogP contribution in [0.1, 0.15) is 72.2 Å². The Morgan fingerprint density at radius 3 is 1.08 bits per heavy atom. The lowest BCUT2D eigenvalue weighted by molar-refractivity contribution is 0.633. The molecule has 2 nitrogen and oxygen atoms in total. The molecule has 16 rings (SSSR count). The fourth-order valence-electron chi connectivity index (χ4n) is 15.5. The Labute approximate surface area is 486 Å². The third-order valence-corrected chi connectivity index (χ3v) is 18.9. The van der Waals surface area contributed by atoms with Gasteiger partial charge in [0.05, 0.1) is 28.2 Å². The summed E-state index contributed by atoms with van der Waals surface area (Å²) in [5.41, 5.74) is 26.1. The van der Waals surface area contributed by atoms with Gasteiger partial charge in [0.2, 0.25) is 0 Å². The molecule has 0 saturated heterocycles. The van der Waals surface area contributed by atoms with E-state index in [1.165, 1.54) is 133 Å². The minimum Gasteiger partial charge on any atom is -0.310 e. The summed E-state index contributed by atoms with van der Waals surface area (Å²) in [6.07, 6.45) is 0. The second kappa shape index (κ2) is 18.5. The molecule has 0 fully saturated rings. The number of rotatable bonds is 7. The van der Waals surface area contributed by atoms with Gasteiger partial charge in [-0.2, -0.15) is 0 Å². The van der Waals surface area contributed by atoms with Crippen molar-refractivity contribution in [1.29, 1.82) is 0 Å². The van der Waals surface area contributed by atoms with Crippen molar-refractivity contribution in [2.24, 2.45) is 0 Å². The zero-order valence-electron chi connectivity index (χ0n) is 47.1. The van der Waals surface area contributed by atoms with Crippen LogP contribution in [0.15, 0.2) is 291 Å². The first kappa shape index (κ1) is 48.8. The highest BCUT2D eigenvalue weighted by molar-refractivity contribution is 6.21. The molecule has 394 valence electrons. The second-order valence-electron chi connectivity index (χ2n) is 23.8. The summed E-state index contributed by atoms with van der Waals surface area (Å²) in [6.45, 7) is 9.70. The van der Waals surface area contributed by atoms with E-state index in [1.54, 1.807) is 0 Å². The Kier molecular flexibility index (Phi) is 10.9. The predicted octanol–water partition coefficient (Wildman–Crippen LogP) is 21.6. The van der Waals surface area contributed by atoms with Crippen LogP contribution in [0.5, 0.6) is 0 Å². The number of para-hydroxylation sites is 4. The molecule has 0 radical (unpaired) electrons. The van der Waals surface area contributed by atoms with Crippen LogP contribution in [0.25, 0.3) is 66.1 Å². The van der Waals surface area contributed by atoms with E-state index in [0.717, 1.165) is 11.4 Å². The highest BCUT2D eigenvalue weighted by Crippen LogP contribution is 2.62. The normalized spacial score (nSPS) is 14.7. The minimum atomic E-state index is -0.563. The largest absolute Gasteiger partial charge is 0.310 e. The molecule has 0 spiro atoms. The molecule has 0 atom stereocenters.